The van der Waals surface area contributed by atoms with Gasteiger partial charge >= 0.3 is 0 Å². The van der Waals surface area contributed by atoms with Crippen LogP contribution in [-0.4, -0.2) is 32.0 Å². The number of phenolic OH excluding ortho intramolecular Hbond substituents is 1. The molecule has 0 aliphatic rings. The molecule has 0 aliphatic heterocycles. The average Bonchev–Trinajstić information content (AvgIpc) is 3.18. The second kappa shape index (κ2) is 8.83. The largest absolute Gasteiger partial charge is 0.508 e. The number of carbonyl (C=O) groups excluding carboxylic acids is 1. The summed E-state index contributed by atoms with van der Waals surface area (Å²) in [6.07, 6.45) is 6.89. The van der Waals surface area contributed by atoms with Crippen molar-refractivity contribution in [3.8, 4) is 17.0 Å². The van der Waals surface area contributed by atoms with E-state index in [1.54, 1.807) is 18.6 Å². The van der Waals surface area contributed by atoms with Gasteiger partial charge in [-0.05, 0) is 42.0 Å². The minimum absolute atomic E-state index is 0.0991. The van der Waals surface area contributed by atoms with Crippen LogP contribution >= 0.6 is 0 Å². The molecule has 2 heterocycles. The molecule has 2 aromatic heterocycles. The third-order valence-corrected chi connectivity index (χ3v) is 4.41. The Kier molecular flexibility index (Phi) is 5.61. The van der Waals surface area contributed by atoms with Gasteiger partial charge < -0.3 is 5.11 Å². The van der Waals surface area contributed by atoms with E-state index in [0.717, 1.165) is 22.4 Å². The third-order valence-electron chi connectivity index (χ3n) is 4.41. The summed E-state index contributed by atoms with van der Waals surface area (Å²) in [6, 6.07) is 19.8. The number of benzene rings is 2. The van der Waals surface area contributed by atoms with E-state index in [1.807, 2.05) is 53.3 Å². The molecule has 30 heavy (non-hydrogen) atoms. The number of phenols is 1. The number of carbonyl (C=O) groups is 1. The topological polar surface area (TPSA) is 92.4 Å². The summed E-state index contributed by atoms with van der Waals surface area (Å²) in [5.41, 5.74) is 6.36. The Labute approximate surface area is 173 Å². The maximum absolute atomic E-state index is 12.2. The molecular formula is C23H19N5O2. The molecule has 4 aromatic rings. The van der Waals surface area contributed by atoms with E-state index in [4.69, 9.17) is 0 Å². The van der Waals surface area contributed by atoms with Crippen LogP contribution in [0.3, 0.4) is 0 Å². The number of hydrogen-bond donors (Lipinski definition) is 2. The van der Waals surface area contributed by atoms with Crippen LogP contribution in [0.15, 0.2) is 90.4 Å². The lowest BCUT2D eigenvalue weighted by atomic mass is 10.1. The molecule has 1 amide bonds. The van der Waals surface area contributed by atoms with Crippen molar-refractivity contribution in [2.24, 2.45) is 5.10 Å². The Hall–Kier alpha value is -4.26. The predicted octanol–water partition coefficient (Wildman–Crippen LogP) is 3.46. The molecule has 0 saturated carbocycles. The highest BCUT2D eigenvalue weighted by Crippen LogP contribution is 2.20. The predicted molar refractivity (Wildman–Crippen MR) is 114 cm³/mol. The van der Waals surface area contributed by atoms with E-state index in [1.165, 1.54) is 24.3 Å². The number of nitrogens with one attached hydrogen (secondary N) is 1. The fraction of sp³-hybridized carbons (Fsp3) is 0.0435. The molecule has 4 rings (SSSR count). The van der Waals surface area contributed by atoms with Gasteiger partial charge in [-0.25, -0.2) is 5.43 Å². The molecule has 0 aliphatic carbocycles. The molecule has 0 spiro atoms. The minimum atomic E-state index is -0.370. The van der Waals surface area contributed by atoms with Crippen molar-refractivity contribution >= 4 is 12.1 Å². The average molecular weight is 397 g/mol. The first kappa shape index (κ1) is 19.1. The lowest BCUT2D eigenvalue weighted by Gasteiger charge is -2.01. The van der Waals surface area contributed by atoms with Crippen molar-refractivity contribution in [2.45, 2.75) is 6.54 Å². The lowest BCUT2D eigenvalue weighted by molar-refractivity contribution is 0.0955. The summed E-state index contributed by atoms with van der Waals surface area (Å²) >= 11 is 0. The van der Waals surface area contributed by atoms with E-state index in [2.05, 4.69) is 20.6 Å². The lowest BCUT2D eigenvalue weighted by Crippen LogP contribution is -2.17. The Balaban J connectivity index is 1.56. The molecule has 148 valence electrons. The van der Waals surface area contributed by atoms with Crippen LogP contribution in [-0.2, 0) is 6.54 Å². The quantitative estimate of drug-likeness (QED) is 0.385. The fourth-order valence-corrected chi connectivity index (χ4v) is 2.95. The normalized spacial score (nSPS) is 10.9. The Bertz CT molecular complexity index is 1150. The fourth-order valence-electron chi connectivity index (χ4n) is 2.95. The van der Waals surface area contributed by atoms with Crippen LogP contribution in [0.2, 0.25) is 0 Å². The molecule has 2 N–H and O–H groups in total. The first-order valence-corrected chi connectivity index (χ1v) is 9.33. The number of aromatic nitrogens is 3. The smallest absolute Gasteiger partial charge is 0.271 e. The summed E-state index contributed by atoms with van der Waals surface area (Å²) < 4.78 is 1.83. The van der Waals surface area contributed by atoms with Gasteiger partial charge in [-0.2, -0.15) is 10.2 Å². The van der Waals surface area contributed by atoms with Gasteiger partial charge in [-0.3, -0.25) is 14.5 Å². The van der Waals surface area contributed by atoms with E-state index >= 15 is 0 Å². The standard InChI is InChI=1S/C23H19N5O2/c29-21-10-8-18(9-11-21)23(30)26-25-14-20-16-28(15-17-5-2-1-3-6-17)27-22(20)19-7-4-12-24-13-19/h1-14,16,29H,15H2,(H,26,30)/b25-14-. The summed E-state index contributed by atoms with van der Waals surface area (Å²) in [5.74, 6) is -0.271. The van der Waals surface area contributed by atoms with Crippen molar-refractivity contribution < 1.29 is 9.90 Å². The van der Waals surface area contributed by atoms with Crippen molar-refractivity contribution in [1.29, 1.82) is 0 Å². The van der Waals surface area contributed by atoms with E-state index < -0.39 is 0 Å². The second-order valence-corrected chi connectivity index (χ2v) is 6.60. The summed E-state index contributed by atoms with van der Waals surface area (Å²) in [5, 5.41) is 18.1. The number of pyridine rings is 1. The highest BCUT2D eigenvalue weighted by Gasteiger charge is 2.11. The van der Waals surface area contributed by atoms with Gasteiger partial charge in [0.05, 0.1) is 12.8 Å². The molecule has 7 nitrogen and oxygen atoms in total. The van der Waals surface area contributed by atoms with Crippen LogP contribution in [0, 0.1) is 0 Å². The van der Waals surface area contributed by atoms with Gasteiger partial charge in [0.25, 0.3) is 5.91 Å². The zero-order valence-corrected chi connectivity index (χ0v) is 16.0. The van der Waals surface area contributed by atoms with Crippen molar-refractivity contribution in [3.05, 3.63) is 102 Å². The zero-order chi connectivity index (χ0) is 20.8. The molecule has 0 atom stereocenters. The highest BCUT2D eigenvalue weighted by atomic mass is 16.3. The van der Waals surface area contributed by atoms with Crippen molar-refractivity contribution in [2.75, 3.05) is 0 Å². The summed E-state index contributed by atoms with van der Waals surface area (Å²) in [7, 11) is 0. The minimum Gasteiger partial charge on any atom is -0.508 e. The molecule has 0 fully saturated rings. The molecule has 7 heteroatoms. The van der Waals surface area contributed by atoms with Gasteiger partial charge in [0.15, 0.2) is 0 Å². The Morgan fingerprint density at radius 1 is 1.07 bits per heavy atom. The third kappa shape index (κ3) is 4.59. The van der Waals surface area contributed by atoms with Gasteiger partial charge in [-0.15, -0.1) is 0 Å². The summed E-state index contributed by atoms with van der Waals surface area (Å²) in [6.45, 7) is 0.613. The zero-order valence-electron chi connectivity index (χ0n) is 16.0. The Morgan fingerprint density at radius 2 is 1.87 bits per heavy atom. The van der Waals surface area contributed by atoms with Gasteiger partial charge in [-0.1, -0.05) is 30.3 Å². The monoisotopic (exact) mass is 397 g/mol. The maximum atomic E-state index is 12.2. The molecule has 0 saturated heterocycles. The van der Waals surface area contributed by atoms with E-state index in [9.17, 15) is 9.90 Å². The summed E-state index contributed by atoms with van der Waals surface area (Å²) in [4.78, 5) is 16.4. The van der Waals surface area contributed by atoms with Gasteiger partial charge in [0, 0.05) is 35.3 Å². The number of rotatable bonds is 6. The number of amides is 1. The number of hydrazone groups is 1. The van der Waals surface area contributed by atoms with Gasteiger partial charge in [0.1, 0.15) is 11.4 Å². The van der Waals surface area contributed by atoms with Crippen molar-refractivity contribution in [3.63, 3.8) is 0 Å². The molecule has 0 bridgehead atoms. The molecule has 0 radical (unpaired) electrons. The maximum Gasteiger partial charge on any atom is 0.271 e. The van der Waals surface area contributed by atoms with Gasteiger partial charge in [0.2, 0.25) is 0 Å². The number of nitrogens with zero attached hydrogens (tertiary/aromatic N) is 4. The number of aromatic hydroxyl groups is 1. The highest BCUT2D eigenvalue weighted by molar-refractivity contribution is 5.95. The van der Waals surface area contributed by atoms with Crippen LogP contribution < -0.4 is 5.43 Å². The van der Waals surface area contributed by atoms with E-state index in [0.29, 0.717) is 12.1 Å². The second-order valence-electron chi connectivity index (χ2n) is 6.60. The van der Waals surface area contributed by atoms with Crippen LogP contribution in [0.1, 0.15) is 21.5 Å². The number of hydrogen-bond acceptors (Lipinski definition) is 5. The molecule has 2 aromatic carbocycles. The molecular weight excluding hydrogens is 378 g/mol. The SMILES string of the molecule is O=C(N/N=C\c1cn(Cc2ccccc2)nc1-c1cccnc1)c1ccc(O)cc1. The Morgan fingerprint density at radius 3 is 2.60 bits per heavy atom. The van der Waals surface area contributed by atoms with Crippen LogP contribution in [0.4, 0.5) is 0 Å². The molecule has 0 unspecified atom stereocenters. The van der Waals surface area contributed by atoms with Crippen LogP contribution in [0.25, 0.3) is 11.3 Å². The first-order valence-electron chi connectivity index (χ1n) is 9.33. The van der Waals surface area contributed by atoms with Crippen LogP contribution in [0.5, 0.6) is 5.75 Å². The first-order chi connectivity index (χ1) is 14.7. The van der Waals surface area contributed by atoms with Crippen molar-refractivity contribution in [1.82, 2.24) is 20.2 Å². The van der Waals surface area contributed by atoms with E-state index in [-0.39, 0.29) is 11.7 Å².